The zero-order valence-electron chi connectivity index (χ0n) is 17.4. The van der Waals surface area contributed by atoms with E-state index in [0.717, 1.165) is 40.1 Å². The maximum atomic E-state index is 13.7. The first-order valence-electron chi connectivity index (χ1n) is 9.66. The molecule has 0 aliphatic rings. The molecule has 0 aliphatic heterocycles. The van der Waals surface area contributed by atoms with E-state index in [-0.39, 0.29) is 10.7 Å². The lowest BCUT2D eigenvalue weighted by Crippen LogP contribution is -2.25. The molecule has 0 unspecified atom stereocenters. The average Bonchev–Trinajstić information content (AvgIpc) is 3.22. The van der Waals surface area contributed by atoms with Crippen molar-refractivity contribution in [3.63, 3.8) is 0 Å². The molecule has 1 heterocycles. The Bertz CT molecular complexity index is 1440. The Morgan fingerprint density at radius 2 is 1.68 bits per heavy atom. The van der Waals surface area contributed by atoms with E-state index in [2.05, 4.69) is 10.1 Å². The lowest BCUT2D eigenvalue weighted by atomic mass is 10.1. The van der Waals surface area contributed by atoms with Gasteiger partial charge in [-0.15, -0.1) is 0 Å². The summed E-state index contributed by atoms with van der Waals surface area (Å²) in [6.45, 7) is 1.91. The number of thiazole rings is 1. The summed E-state index contributed by atoms with van der Waals surface area (Å²) < 4.78 is 14.1. The summed E-state index contributed by atoms with van der Waals surface area (Å²) in [6, 6.07) is 13.8. The molecule has 0 aliphatic carbocycles. The number of hydrogen-bond acceptors (Lipinski definition) is 8. The monoisotopic (exact) mass is 479 g/mol. The number of fused-ring (bicyclic) bond motifs is 1. The number of carbonyl (C=O) groups excluding carboxylic acids is 1. The number of nitrogens with zero attached hydrogens (tertiary/aromatic N) is 5. The van der Waals surface area contributed by atoms with Crippen LogP contribution in [0, 0.1) is 33.0 Å². The van der Waals surface area contributed by atoms with Crippen LogP contribution in [-0.4, -0.2) is 27.0 Å². The minimum absolute atomic E-state index is 0.0584. The highest BCUT2D eigenvalue weighted by Crippen LogP contribution is 2.32. The predicted octanol–water partition coefficient (Wildman–Crippen LogP) is 5.24. The lowest BCUT2D eigenvalue weighted by molar-refractivity contribution is -0.394. The lowest BCUT2D eigenvalue weighted by Gasteiger charge is -2.13. The Kier molecular flexibility index (Phi) is 6.06. The topological polar surface area (TPSA) is 132 Å². The number of rotatable bonds is 6. The van der Waals surface area contributed by atoms with Crippen LogP contribution in [0.5, 0.6) is 0 Å². The number of nitro benzene ring substituents is 2. The van der Waals surface area contributed by atoms with Gasteiger partial charge in [-0.25, -0.2) is 9.37 Å². The van der Waals surface area contributed by atoms with E-state index in [1.807, 2.05) is 19.1 Å². The van der Waals surface area contributed by atoms with Gasteiger partial charge in [-0.1, -0.05) is 41.2 Å². The minimum atomic E-state index is -0.880. The Morgan fingerprint density at radius 1 is 1.03 bits per heavy atom. The van der Waals surface area contributed by atoms with Gasteiger partial charge in [-0.2, -0.15) is 10.1 Å². The fourth-order valence-corrected chi connectivity index (χ4v) is 3.94. The van der Waals surface area contributed by atoms with Gasteiger partial charge in [0.15, 0.2) is 0 Å². The Hall–Kier alpha value is -4.58. The molecule has 12 heteroatoms. The molecule has 0 bridgehead atoms. The van der Waals surface area contributed by atoms with Gasteiger partial charge in [0.25, 0.3) is 17.3 Å². The third kappa shape index (κ3) is 4.76. The Balaban J connectivity index is 1.82. The van der Waals surface area contributed by atoms with Crippen LogP contribution in [0.4, 0.5) is 20.9 Å². The number of carbonyl (C=O) groups is 1. The molecule has 3 aromatic carbocycles. The summed E-state index contributed by atoms with van der Waals surface area (Å²) in [5.41, 5.74) is 0.516. The van der Waals surface area contributed by atoms with Crippen molar-refractivity contribution in [1.82, 2.24) is 4.98 Å². The molecule has 1 aromatic heterocycles. The van der Waals surface area contributed by atoms with Gasteiger partial charge < -0.3 is 0 Å². The molecular weight excluding hydrogens is 465 g/mol. The van der Waals surface area contributed by atoms with Crippen LogP contribution < -0.4 is 5.01 Å². The van der Waals surface area contributed by atoms with Crippen LogP contribution in [0.1, 0.15) is 21.5 Å². The molecule has 0 saturated carbocycles. The van der Waals surface area contributed by atoms with Gasteiger partial charge in [-0.05, 0) is 30.7 Å². The van der Waals surface area contributed by atoms with Crippen molar-refractivity contribution in [1.29, 1.82) is 0 Å². The molecule has 0 radical (unpaired) electrons. The number of nitro groups is 2. The van der Waals surface area contributed by atoms with Crippen LogP contribution in [0.2, 0.25) is 0 Å². The third-order valence-electron chi connectivity index (χ3n) is 4.68. The number of non-ortho nitro benzene ring substituents is 2. The quantitative estimate of drug-likeness (QED) is 0.211. The van der Waals surface area contributed by atoms with Gasteiger partial charge in [-0.3, -0.25) is 25.0 Å². The van der Waals surface area contributed by atoms with Crippen LogP contribution >= 0.6 is 11.3 Å². The molecule has 1 amide bonds. The van der Waals surface area contributed by atoms with E-state index in [1.165, 1.54) is 24.4 Å². The van der Waals surface area contributed by atoms with Crippen molar-refractivity contribution < 1.29 is 19.0 Å². The molecular formula is C22H14FN5O5S. The number of aromatic nitrogens is 1. The molecule has 4 aromatic rings. The van der Waals surface area contributed by atoms with Crippen LogP contribution in [0.15, 0.2) is 65.8 Å². The number of aryl methyl sites for hydroxylation is 1. The second-order valence-electron chi connectivity index (χ2n) is 7.13. The summed E-state index contributed by atoms with van der Waals surface area (Å²) in [4.78, 5) is 38.6. The minimum Gasteiger partial charge on any atom is -0.267 e. The average molecular weight is 479 g/mol. The summed E-state index contributed by atoms with van der Waals surface area (Å²) in [6.07, 6.45) is 1.38. The summed E-state index contributed by atoms with van der Waals surface area (Å²) >= 11 is 0.974. The largest absolute Gasteiger partial charge is 0.281 e. The second kappa shape index (κ2) is 9.11. The first-order valence-corrected chi connectivity index (χ1v) is 10.5. The predicted molar refractivity (Wildman–Crippen MR) is 125 cm³/mol. The normalized spacial score (nSPS) is 11.1. The molecule has 0 spiro atoms. The van der Waals surface area contributed by atoms with Gasteiger partial charge in [0.1, 0.15) is 5.82 Å². The Morgan fingerprint density at radius 3 is 2.29 bits per heavy atom. The molecule has 0 N–H and O–H groups in total. The number of halogens is 1. The molecule has 10 nitrogen and oxygen atoms in total. The fraction of sp³-hybridized carbons (Fsp3) is 0.0455. The van der Waals surface area contributed by atoms with Crippen LogP contribution in [-0.2, 0) is 0 Å². The van der Waals surface area contributed by atoms with Crippen molar-refractivity contribution in [3.05, 3.63) is 103 Å². The van der Waals surface area contributed by atoms with E-state index >= 15 is 0 Å². The van der Waals surface area contributed by atoms with Gasteiger partial charge in [0, 0.05) is 12.1 Å². The molecule has 0 atom stereocenters. The van der Waals surface area contributed by atoms with E-state index in [4.69, 9.17) is 0 Å². The van der Waals surface area contributed by atoms with E-state index in [0.29, 0.717) is 15.8 Å². The number of amides is 1. The molecule has 170 valence electrons. The maximum absolute atomic E-state index is 13.7. The SMILES string of the molecule is Cc1ccc(/C=N/N(C(=O)c2cc([N+](=O)[O-])cc([N+](=O)[O-])c2)c2nc3ccc(F)cc3s2)cc1. The summed E-state index contributed by atoms with van der Waals surface area (Å²) in [7, 11) is 0. The molecule has 34 heavy (non-hydrogen) atoms. The smallest absolute Gasteiger partial charge is 0.267 e. The number of hydrazone groups is 1. The third-order valence-corrected chi connectivity index (χ3v) is 5.68. The highest BCUT2D eigenvalue weighted by atomic mass is 32.1. The van der Waals surface area contributed by atoms with Crippen molar-refractivity contribution in [2.45, 2.75) is 6.92 Å². The highest BCUT2D eigenvalue weighted by Gasteiger charge is 2.26. The van der Waals surface area contributed by atoms with Gasteiger partial charge in [0.05, 0.1) is 37.9 Å². The molecule has 0 fully saturated rings. The van der Waals surface area contributed by atoms with Crippen molar-refractivity contribution in [3.8, 4) is 0 Å². The maximum Gasteiger partial charge on any atom is 0.281 e. The number of hydrogen-bond donors (Lipinski definition) is 0. The van der Waals surface area contributed by atoms with Crippen molar-refractivity contribution in [2.24, 2.45) is 5.10 Å². The highest BCUT2D eigenvalue weighted by molar-refractivity contribution is 7.22. The first-order chi connectivity index (χ1) is 16.2. The standard InChI is InChI=1S/C22H14FN5O5S/c1-13-2-4-14(5-3-13)12-24-26(22-25-19-7-6-16(23)10-20(19)34-22)21(29)15-8-17(27(30)31)11-18(9-15)28(32)33/h2-12H,1H3/b24-12+. The van der Waals surface area contributed by atoms with Gasteiger partial charge >= 0.3 is 0 Å². The van der Waals surface area contributed by atoms with Crippen LogP contribution in [0.25, 0.3) is 10.2 Å². The fourth-order valence-electron chi connectivity index (χ4n) is 2.99. The first kappa shape index (κ1) is 22.6. The van der Waals surface area contributed by atoms with E-state index < -0.39 is 32.9 Å². The zero-order chi connectivity index (χ0) is 24.4. The van der Waals surface area contributed by atoms with E-state index in [9.17, 15) is 29.4 Å². The number of anilines is 1. The van der Waals surface area contributed by atoms with E-state index in [1.54, 1.807) is 12.1 Å². The summed E-state index contributed by atoms with van der Waals surface area (Å²) in [5.74, 6) is -1.37. The van der Waals surface area contributed by atoms with Crippen LogP contribution in [0.3, 0.4) is 0 Å². The van der Waals surface area contributed by atoms with Crippen molar-refractivity contribution in [2.75, 3.05) is 5.01 Å². The second-order valence-corrected chi connectivity index (χ2v) is 8.14. The summed E-state index contributed by atoms with van der Waals surface area (Å²) in [5, 5.41) is 27.7. The number of benzene rings is 3. The molecule has 4 rings (SSSR count). The Labute approximate surface area is 194 Å². The molecule has 0 saturated heterocycles. The zero-order valence-corrected chi connectivity index (χ0v) is 18.2. The van der Waals surface area contributed by atoms with Crippen molar-refractivity contribution >= 4 is 50.2 Å². The van der Waals surface area contributed by atoms with Gasteiger partial charge in [0.2, 0.25) is 5.13 Å².